The number of urea groups is 1. The molecule has 0 fully saturated rings. The van der Waals surface area contributed by atoms with E-state index in [9.17, 15) is 40.3 Å². The molecule has 2 aromatic carbocycles. The van der Waals surface area contributed by atoms with Gasteiger partial charge in [-0.05, 0) is 36.0 Å². The monoisotopic (exact) mass is 456 g/mol. The molecule has 0 aliphatic carbocycles. The molecule has 13 heteroatoms. The molecule has 0 saturated heterocycles. The number of nitrogens with one attached hydrogen (secondary N) is 2. The zero-order chi connectivity index (χ0) is 22.7. The molecular weight excluding hydrogens is 445 g/mol. The molecule has 0 aliphatic heterocycles. The lowest BCUT2D eigenvalue weighted by Crippen LogP contribution is -2.35. The minimum atomic E-state index is -5.80. The molecule has 0 atom stereocenters. The van der Waals surface area contributed by atoms with E-state index in [-0.39, 0.29) is 5.69 Å². The van der Waals surface area contributed by atoms with Gasteiger partial charge in [0.2, 0.25) is 0 Å². The van der Waals surface area contributed by atoms with Crippen molar-refractivity contribution < 1.29 is 45.1 Å². The van der Waals surface area contributed by atoms with Crippen LogP contribution in [0.4, 0.5) is 41.2 Å². The number of hydrogen-bond donors (Lipinski definition) is 2. The summed E-state index contributed by atoms with van der Waals surface area (Å²) < 4.78 is 95.4. The lowest BCUT2D eigenvalue weighted by Gasteiger charge is -2.20. The zero-order valence-corrected chi connectivity index (χ0v) is 15.6. The molecule has 5 nitrogen and oxygen atoms in total. The van der Waals surface area contributed by atoms with Gasteiger partial charge in [0.1, 0.15) is 22.9 Å². The molecule has 30 heavy (non-hydrogen) atoms. The van der Waals surface area contributed by atoms with Crippen molar-refractivity contribution in [3.8, 4) is 5.75 Å². The Kier molecular flexibility index (Phi) is 6.85. The number of halogens is 7. The van der Waals surface area contributed by atoms with Crippen LogP contribution < -0.4 is 15.4 Å². The highest BCUT2D eigenvalue weighted by Gasteiger charge is 2.58. The van der Waals surface area contributed by atoms with E-state index >= 15 is 0 Å². The van der Waals surface area contributed by atoms with Crippen molar-refractivity contribution in [2.45, 2.75) is 16.3 Å². The van der Waals surface area contributed by atoms with Crippen LogP contribution in [-0.2, 0) is 0 Å². The maximum atomic E-state index is 13.5. The lowest BCUT2D eigenvalue weighted by atomic mass is 10.2. The number of carbonyl (C=O) groups excluding carboxylic acids is 2. The van der Waals surface area contributed by atoms with Crippen LogP contribution in [0.1, 0.15) is 10.4 Å². The first-order chi connectivity index (χ1) is 13.9. The van der Waals surface area contributed by atoms with E-state index in [4.69, 9.17) is 4.74 Å². The lowest BCUT2D eigenvalue weighted by molar-refractivity contribution is -0.237. The summed E-state index contributed by atoms with van der Waals surface area (Å²) in [6.45, 7) is 0. The van der Waals surface area contributed by atoms with Crippen LogP contribution in [0.25, 0.3) is 0 Å². The first kappa shape index (κ1) is 23.3. The standard InChI is InChI=1S/C17H11F7N2O3S/c1-29-11-7-8(5-6-12(11)30-17(23,24)16(20,21)22)25-15(28)26-14(27)13-9(18)3-2-4-10(13)19/h2-7H,1H3,(H2,25,26,27,28). The van der Waals surface area contributed by atoms with Crippen LogP contribution >= 0.6 is 11.8 Å². The number of amides is 3. The van der Waals surface area contributed by atoms with E-state index in [0.717, 1.165) is 43.5 Å². The largest absolute Gasteiger partial charge is 0.496 e. The predicted octanol–water partition coefficient (Wildman–Crippen LogP) is 5.18. The molecule has 0 unspecified atom stereocenters. The number of carbonyl (C=O) groups is 2. The highest BCUT2D eigenvalue weighted by Crippen LogP contribution is 2.49. The van der Waals surface area contributed by atoms with Gasteiger partial charge in [-0.3, -0.25) is 10.1 Å². The number of benzene rings is 2. The number of hydrogen-bond acceptors (Lipinski definition) is 4. The van der Waals surface area contributed by atoms with E-state index in [1.54, 1.807) is 5.32 Å². The van der Waals surface area contributed by atoms with E-state index in [1.165, 1.54) is 0 Å². The summed E-state index contributed by atoms with van der Waals surface area (Å²) in [5, 5.41) is -1.38. The van der Waals surface area contributed by atoms with Crippen LogP contribution in [0.5, 0.6) is 5.75 Å². The van der Waals surface area contributed by atoms with Gasteiger partial charge in [-0.15, -0.1) is 0 Å². The maximum Gasteiger partial charge on any atom is 0.464 e. The third-order valence-corrected chi connectivity index (χ3v) is 4.45. The molecular formula is C17H11F7N2O3S. The fraction of sp³-hybridized carbons (Fsp3) is 0.176. The van der Waals surface area contributed by atoms with E-state index in [0.29, 0.717) is 0 Å². The summed E-state index contributed by atoms with van der Waals surface area (Å²) >= 11 is -0.806. The number of alkyl halides is 5. The average Bonchev–Trinajstić information content (AvgIpc) is 2.61. The number of rotatable bonds is 5. The minimum absolute atomic E-state index is 0.161. The van der Waals surface area contributed by atoms with Crippen molar-refractivity contribution in [3.05, 3.63) is 53.6 Å². The Morgan fingerprint density at radius 1 is 1.00 bits per heavy atom. The quantitative estimate of drug-likeness (QED) is 0.481. The molecule has 0 saturated carbocycles. The van der Waals surface area contributed by atoms with Gasteiger partial charge >= 0.3 is 17.5 Å². The Balaban J connectivity index is 2.14. The van der Waals surface area contributed by atoms with Crippen molar-refractivity contribution in [3.63, 3.8) is 0 Å². The van der Waals surface area contributed by atoms with Crippen LogP contribution in [0, 0.1) is 11.6 Å². The Labute approximate surface area is 168 Å². The van der Waals surface area contributed by atoms with Gasteiger partial charge in [0.05, 0.1) is 12.0 Å². The second-order valence-electron chi connectivity index (χ2n) is 5.49. The summed E-state index contributed by atoms with van der Waals surface area (Å²) in [6.07, 6.45) is -5.80. The number of thioether (sulfide) groups is 1. The SMILES string of the molecule is COc1cc(NC(=O)NC(=O)c2c(F)cccc2F)ccc1SC(F)(F)C(F)(F)F. The van der Waals surface area contributed by atoms with Gasteiger partial charge in [0.25, 0.3) is 5.91 Å². The molecule has 2 aromatic rings. The number of methoxy groups -OCH3 is 1. The smallest absolute Gasteiger partial charge is 0.464 e. The van der Waals surface area contributed by atoms with Crippen molar-refractivity contribution in [2.75, 3.05) is 12.4 Å². The van der Waals surface area contributed by atoms with Gasteiger partial charge in [-0.1, -0.05) is 6.07 Å². The second kappa shape index (κ2) is 8.81. The fourth-order valence-electron chi connectivity index (χ4n) is 2.07. The molecule has 0 spiro atoms. The first-order valence-corrected chi connectivity index (χ1v) is 8.55. The minimum Gasteiger partial charge on any atom is -0.496 e. The van der Waals surface area contributed by atoms with Crippen LogP contribution in [-0.4, -0.2) is 30.5 Å². The summed E-state index contributed by atoms with van der Waals surface area (Å²) in [4.78, 5) is 23.1. The summed E-state index contributed by atoms with van der Waals surface area (Å²) in [5.41, 5.74) is -1.17. The van der Waals surface area contributed by atoms with Crippen molar-refractivity contribution in [1.29, 1.82) is 0 Å². The molecule has 0 aromatic heterocycles. The second-order valence-corrected chi connectivity index (χ2v) is 6.64. The van der Waals surface area contributed by atoms with Gasteiger partial charge in [0.15, 0.2) is 0 Å². The van der Waals surface area contributed by atoms with Crippen LogP contribution in [0.2, 0.25) is 0 Å². The van der Waals surface area contributed by atoms with Gasteiger partial charge in [-0.2, -0.15) is 22.0 Å². The van der Waals surface area contributed by atoms with Gasteiger partial charge in [-0.25, -0.2) is 13.6 Å². The van der Waals surface area contributed by atoms with Crippen LogP contribution in [0.3, 0.4) is 0 Å². The van der Waals surface area contributed by atoms with Crippen LogP contribution in [0.15, 0.2) is 41.3 Å². The van der Waals surface area contributed by atoms with Crippen molar-refractivity contribution >= 4 is 29.4 Å². The average molecular weight is 456 g/mol. The zero-order valence-electron chi connectivity index (χ0n) is 14.7. The Morgan fingerprint density at radius 2 is 1.60 bits per heavy atom. The first-order valence-electron chi connectivity index (χ1n) is 7.73. The van der Waals surface area contributed by atoms with Gasteiger partial charge < -0.3 is 10.1 Å². The van der Waals surface area contributed by atoms with Gasteiger partial charge in [0, 0.05) is 11.8 Å². The molecule has 2 N–H and O–H groups in total. The molecule has 2 rings (SSSR count). The molecule has 0 radical (unpaired) electrons. The van der Waals surface area contributed by atoms with E-state index in [1.807, 2.05) is 0 Å². The highest BCUT2D eigenvalue weighted by atomic mass is 32.2. The normalized spacial score (nSPS) is 11.7. The summed E-state index contributed by atoms with van der Waals surface area (Å²) in [7, 11) is 0.999. The molecule has 0 bridgehead atoms. The summed E-state index contributed by atoms with van der Waals surface area (Å²) in [6, 6.07) is 4.08. The third kappa shape index (κ3) is 5.34. The Bertz CT molecular complexity index is 947. The summed E-state index contributed by atoms with van der Waals surface area (Å²) in [5.74, 6) is -4.25. The maximum absolute atomic E-state index is 13.5. The molecule has 162 valence electrons. The highest BCUT2D eigenvalue weighted by molar-refractivity contribution is 8.00. The fourth-order valence-corrected chi connectivity index (χ4v) is 2.84. The van der Waals surface area contributed by atoms with Crippen molar-refractivity contribution in [2.24, 2.45) is 0 Å². The van der Waals surface area contributed by atoms with E-state index < -0.39 is 63.0 Å². The molecule has 0 aliphatic rings. The van der Waals surface area contributed by atoms with Crippen molar-refractivity contribution in [1.82, 2.24) is 5.32 Å². The molecule has 0 heterocycles. The number of imide groups is 1. The number of anilines is 1. The topological polar surface area (TPSA) is 67.4 Å². The van der Waals surface area contributed by atoms with E-state index in [2.05, 4.69) is 5.32 Å². The third-order valence-electron chi connectivity index (χ3n) is 3.41. The number of ether oxygens (including phenoxy) is 1. The Morgan fingerprint density at radius 3 is 2.13 bits per heavy atom. The predicted molar refractivity (Wildman–Crippen MR) is 92.7 cm³/mol. The Hall–Kier alpha value is -2.96. The molecule has 3 amide bonds.